The van der Waals surface area contributed by atoms with Crippen LogP contribution in [0.3, 0.4) is 0 Å². The highest BCUT2D eigenvalue weighted by Crippen LogP contribution is 2.40. The molecule has 2 aromatic rings. The zero-order chi connectivity index (χ0) is 30.4. The Morgan fingerprint density at radius 1 is 1.12 bits per heavy atom. The lowest BCUT2D eigenvalue weighted by Gasteiger charge is -2.35. The summed E-state index contributed by atoms with van der Waals surface area (Å²) in [6.45, 7) is 6.01. The van der Waals surface area contributed by atoms with Gasteiger partial charge in [0.05, 0.1) is 28.6 Å². The summed E-state index contributed by atoms with van der Waals surface area (Å²) >= 11 is 1.55. The van der Waals surface area contributed by atoms with E-state index in [0.717, 1.165) is 34.5 Å². The number of aliphatic carboxylic acids is 1. The molecule has 42 heavy (non-hydrogen) atoms. The van der Waals surface area contributed by atoms with Gasteiger partial charge in [-0.1, -0.05) is 39.7 Å². The number of carboxylic acid groups (broad SMARTS) is 1. The maximum atomic E-state index is 13.7. The number of benzene rings is 1. The van der Waals surface area contributed by atoms with E-state index in [0.29, 0.717) is 25.2 Å². The first kappa shape index (κ1) is 31.4. The summed E-state index contributed by atoms with van der Waals surface area (Å²) < 4.78 is 5.84. The van der Waals surface area contributed by atoms with Gasteiger partial charge in [0.25, 0.3) is 0 Å². The number of carbonyl (C=O) groups is 4. The number of amides is 3. The molecule has 0 spiro atoms. The second kappa shape index (κ2) is 13.6. The van der Waals surface area contributed by atoms with E-state index in [9.17, 15) is 24.3 Å². The standard InChI is InChI=1S/C30H40N4O7S/c1-30(2,3)28(33-24(36)8-6-4-5-7-9-26(38)39)29(40)34-15-19(35)14-23(34)32-25(37)13-18-10-11-20-22(12-18)41-16-21-27(20)42-17-31-21/h10-12,17,19,23,28,35H,4-9,13-16H2,1-3H3,(H,32,37)(H,33,36)(H,38,39)/t19-,23+,28-/m1/s1. The lowest BCUT2D eigenvalue weighted by Crippen LogP contribution is -2.58. The van der Waals surface area contributed by atoms with Crippen LogP contribution in [0.15, 0.2) is 23.7 Å². The number of carboxylic acids is 1. The fourth-order valence-corrected chi connectivity index (χ4v) is 6.13. The van der Waals surface area contributed by atoms with Gasteiger partial charge in [-0.05, 0) is 36.0 Å². The molecule has 1 fully saturated rings. The number of hydrogen-bond donors (Lipinski definition) is 4. The number of ether oxygens (including phenoxy) is 1. The molecule has 0 unspecified atom stereocenters. The molecule has 3 amide bonds. The Balaban J connectivity index is 1.34. The Morgan fingerprint density at radius 3 is 2.57 bits per heavy atom. The SMILES string of the molecule is CC(C)(C)[C@H](NC(=O)CCCCCCC(=O)O)C(=O)N1C[C@H](O)C[C@H]1NC(=O)Cc1ccc2c(c1)OCc1ncsc1-2. The summed E-state index contributed by atoms with van der Waals surface area (Å²) in [6.07, 6.45) is 1.72. The number of nitrogens with zero attached hydrogens (tertiary/aromatic N) is 2. The van der Waals surface area contributed by atoms with Crippen LogP contribution in [-0.4, -0.2) is 68.6 Å². The Hall–Kier alpha value is -3.51. The molecule has 4 rings (SSSR count). The number of unbranched alkanes of at least 4 members (excludes halogenated alkanes) is 3. The number of aliphatic hydroxyl groups is 1. The third kappa shape index (κ3) is 8.07. The minimum atomic E-state index is -0.851. The number of thiazole rings is 1. The van der Waals surface area contributed by atoms with E-state index in [2.05, 4.69) is 15.6 Å². The van der Waals surface area contributed by atoms with Crippen molar-refractivity contribution in [2.75, 3.05) is 6.54 Å². The van der Waals surface area contributed by atoms with Crippen LogP contribution >= 0.6 is 11.3 Å². The van der Waals surface area contributed by atoms with Crippen LogP contribution in [0.25, 0.3) is 10.4 Å². The van der Waals surface area contributed by atoms with Gasteiger partial charge in [0.2, 0.25) is 17.7 Å². The maximum absolute atomic E-state index is 13.7. The number of β-amino-alcohol motifs (C(OH)–C–C–N with tert-alkyl or cyclic N) is 1. The van der Waals surface area contributed by atoms with Crippen molar-refractivity contribution in [3.05, 3.63) is 35.0 Å². The fourth-order valence-electron chi connectivity index (χ4n) is 5.30. The van der Waals surface area contributed by atoms with Crippen LogP contribution in [0.5, 0.6) is 5.75 Å². The van der Waals surface area contributed by atoms with E-state index >= 15 is 0 Å². The van der Waals surface area contributed by atoms with Crippen LogP contribution < -0.4 is 15.4 Å². The predicted octanol–water partition coefficient (Wildman–Crippen LogP) is 3.24. The summed E-state index contributed by atoms with van der Waals surface area (Å²) in [4.78, 5) is 57.0. The monoisotopic (exact) mass is 600 g/mol. The second-order valence-corrected chi connectivity index (χ2v) is 12.9. The molecule has 12 heteroatoms. The minimum Gasteiger partial charge on any atom is -0.487 e. The van der Waals surface area contributed by atoms with Gasteiger partial charge >= 0.3 is 5.97 Å². The lowest BCUT2D eigenvalue weighted by atomic mass is 9.85. The topological polar surface area (TPSA) is 158 Å². The van der Waals surface area contributed by atoms with Crippen molar-refractivity contribution in [3.63, 3.8) is 0 Å². The zero-order valence-corrected chi connectivity index (χ0v) is 25.2. The van der Waals surface area contributed by atoms with Crippen LogP contribution in [0, 0.1) is 5.41 Å². The largest absolute Gasteiger partial charge is 0.487 e. The molecule has 0 aliphatic carbocycles. The van der Waals surface area contributed by atoms with Crippen LogP contribution in [0.2, 0.25) is 0 Å². The minimum absolute atomic E-state index is 0.0552. The number of fused-ring (bicyclic) bond motifs is 3. The van der Waals surface area contributed by atoms with Crippen LogP contribution in [-0.2, 0) is 32.2 Å². The number of nitrogens with one attached hydrogen (secondary N) is 2. The van der Waals surface area contributed by atoms with Crippen LogP contribution in [0.4, 0.5) is 0 Å². The summed E-state index contributed by atoms with van der Waals surface area (Å²) in [5, 5.41) is 24.9. The highest BCUT2D eigenvalue weighted by Gasteiger charge is 2.42. The normalized spacial score (nSPS) is 18.4. The molecule has 3 heterocycles. The molecule has 0 saturated carbocycles. The van der Waals surface area contributed by atoms with Crippen LogP contribution in [0.1, 0.15) is 77.0 Å². The van der Waals surface area contributed by atoms with E-state index in [1.807, 2.05) is 39.0 Å². The number of carbonyl (C=O) groups excluding carboxylic acids is 3. The molecule has 228 valence electrons. The Morgan fingerprint density at radius 2 is 1.86 bits per heavy atom. The molecular formula is C30H40N4O7S. The summed E-state index contributed by atoms with van der Waals surface area (Å²) in [5.41, 5.74) is 3.79. The third-order valence-electron chi connectivity index (χ3n) is 7.51. The molecule has 1 saturated heterocycles. The fraction of sp³-hybridized carbons (Fsp3) is 0.567. The first-order valence-electron chi connectivity index (χ1n) is 14.4. The molecule has 2 aliphatic rings. The molecule has 0 radical (unpaired) electrons. The first-order valence-corrected chi connectivity index (χ1v) is 15.3. The number of likely N-dealkylation sites (tertiary alicyclic amines) is 1. The van der Waals surface area contributed by atoms with Crippen molar-refractivity contribution in [3.8, 4) is 16.2 Å². The van der Waals surface area contributed by atoms with Gasteiger partial charge in [0, 0.05) is 31.4 Å². The second-order valence-electron chi connectivity index (χ2n) is 12.1. The molecule has 4 N–H and O–H groups in total. The summed E-state index contributed by atoms with van der Waals surface area (Å²) in [5.74, 6) is -1.04. The predicted molar refractivity (Wildman–Crippen MR) is 157 cm³/mol. The van der Waals surface area contributed by atoms with E-state index in [-0.39, 0.29) is 49.9 Å². The lowest BCUT2D eigenvalue weighted by molar-refractivity contribution is -0.141. The smallest absolute Gasteiger partial charge is 0.303 e. The Kier molecular flexibility index (Phi) is 10.2. The Labute approximate surface area is 249 Å². The summed E-state index contributed by atoms with van der Waals surface area (Å²) in [6, 6.07) is 4.80. The Bertz CT molecular complexity index is 1300. The van der Waals surface area contributed by atoms with E-state index in [4.69, 9.17) is 9.84 Å². The van der Waals surface area contributed by atoms with Gasteiger partial charge in [-0.15, -0.1) is 11.3 Å². The molecule has 1 aromatic carbocycles. The van der Waals surface area contributed by atoms with Crippen molar-refractivity contribution >= 4 is 35.0 Å². The number of aliphatic hydroxyl groups excluding tert-OH is 1. The van der Waals surface area contributed by atoms with E-state index in [1.54, 1.807) is 16.8 Å². The maximum Gasteiger partial charge on any atom is 0.303 e. The van der Waals surface area contributed by atoms with Crippen molar-refractivity contribution in [1.82, 2.24) is 20.5 Å². The molecule has 0 bridgehead atoms. The van der Waals surface area contributed by atoms with Crippen molar-refractivity contribution in [2.24, 2.45) is 5.41 Å². The summed E-state index contributed by atoms with van der Waals surface area (Å²) in [7, 11) is 0. The van der Waals surface area contributed by atoms with E-state index < -0.39 is 29.7 Å². The molecule has 11 nitrogen and oxygen atoms in total. The van der Waals surface area contributed by atoms with Gasteiger partial charge in [-0.2, -0.15) is 0 Å². The highest BCUT2D eigenvalue weighted by atomic mass is 32.1. The number of aromatic nitrogens is 1. The molecular weight excluding hydrogens is 560 g/mol. The quantitative estimate of drug-likeness (QED) is 0.270. The number of hydrogen-bond acceptors (Lipinski definition) is 8. The van der Waals surface area contributed by atoms with E-state index in [1.165, 1.54) is 4.90 Å². The average molecular weight is 601 g/mol. The number of rotatable bonds is 12. The highest BCUT2D eigenvalue weighted by molar-refractivity contribution is 7.13. The first-order chi connectivity index (χ1) is 19.9. The van der Waals surface area contributed by atoms with Crippen molar-refractivity contribution in [2.45, 2.75) is 97.1 Å². The van der Waals surface area contributed by atoms with Gasteiger partial charge < -0.3 is 30.5 Å². The van der Waals surface area contributed by atoms with Gasteiger partial charge in [-0.3, -0.25) is 19.2 Å². The molecule has 3 atom stereocenters. The molecule has 2 aliphatic heterocycles. The zero-order valence-electron chi connectivity index (χ0n) is 24.4. The van der Waals surface area contributed by atoms with Gasteiger partial charge in [-0.25, -0.2) is 4.98 Å². The third-order valence-corrected chi connectivity index (χ3v) is 8.42. The van der Waals surface area contributed by atoms with Crippen molar-refractivity contribution < 1.29 is 34.1 Å². The van der Waals surface area contributed by atoms with Crippen molar-refractivity contribution in [1.29, 1.82) is 0 Å². The van der Waals surface area contributed by atoms with Gasteiger partial charge in [0.15, 0.2) is 0 Å². The molecule has 1 aromatic heterocycles. The van der Waals surface area contributed by atoms with Gasteiger partial charge in [0.1, 0.15) is 24.6 Å². The average Bonchev–Trinajstić information content (AvgIpc) is 3.54.